The van der Waals surface area contributed by atoms with Crippen molar-refractivity contribution in [2.45, 2.75) is 11.3 Å². The van der Waals surface area contributed by atoms with Crippen LogP contribution in [-0.2, 0) is 10.0 Å². The molecule has 1 saturated heterocycles. The Morgan fingerprint density at radius 2 is 1.75 bits per heavy atom. The van der Waals surface area contributed by atoms with Crippen LogP contribution in [-0.4, -0.2) is 50.3 Å². The Morgan fingerprint density at radius 1 is 1.15 bits per heavy atom. The summed E-state index contributed by atoms with van der Waals surface area (Å²) in [5, 5.41) is 9.07. The minimum atomic E-state index is -3.44. The van der Waals surface area contributed by atoms with Gasteiger partial charge in [-0.05, 0) is 24.3 Å². The molecule has 20 heavy (non-hydrogen) atoms. The zero-order valence-electron chi connectivity index (χ0n) is 11.0. The summed E-state index contributed by atoms with van der Waals surface area (Å²) in [6.45, 7) is 2.93. The second kappa shape index (κ2) is 6.55. The number of piperazine rings is 1. The number of nitrogens with zero attached hydrogens (tertiary/aromatic N) is 3. The standard InChI is InChI=1S/C13H16ClN3O2S/c14-12-2-4-13(5-3-12)20(18,19)17-10-8-16(9-11-17)7-1-6-15/h2-5H,1,7-11H2. The topological polar surface area (TPSA) is 64.4 Å². The average molecular weight is 314 g/mol. The van der Waals surface area contributed by atoms with Crippen molar-refractivity contribution in [1.29, 1.82) is 5.26 Å². The molecule has 1 aliphatic heterocycles. The van der Waals surface area contributed by atoms with Gasteiger partial charge in [0.15, 0.2) is 0 Å². The molecule has 1 aromatic carbocycles. The van der Waals surface area contributed by atoms with Gasteiger partial charge in [-0.1, -0.05) is 11.6 Å². The monoisotopic (exact) mass is 313 g/mol. The lowest BCUT2D eigenvalue weighted by Crippen LogP contribution is -2.48. The molecule has 0 radical (unpaired) electrons. The first-order valence-corrected chi connectivity index (χ1v) is 8.21. The Labute approximate surface area is 124 Å². The first-order valence-electron chi connectivity index (χ1n) is 6.39. The molecule has 0 atom stereocenters. The van der Waals surface area contributed by atoms with Gasteiger partial charge in [-0.15, -0.1) is 0 Å². The maximum atomic E-state index is 12.4. The maximum absolute atomic E-state index is 12.4. The molecule has 1 heterocycles. The van der Waals surface area contributed by atoms with E-state index in [0.717, 1.165) is 0 Å². The molecule has 1 fully saturated rings. The summed E-state index contributed by atoms with van der Waals surface area (Å²) in [4.78, 5) is 2.38. The van der Waals surface area contributed by atoms with Gasteiger partial charge in [-0.2, -0.15) is 9.57 Å². The van der Waals surface area contributed by atoms with Gasteiger partial charge in [0, 0.05) is 44.2 Å². The first kappa shape index (κ1) is 15.3. The summed E-state index contributed by atoms with van der Waals surface area (Å²) in [7, 11) is -3.44. The van der Waals surface area contributed by atoms with Crippen LogP contribution >= 0.6 is 11.6 Å². The average Bonchev–Trinajstić information content (AvgIpc) is 2.46. The normalized spacial score (nSPS) is 17.8. The number of sulfonamides is 1. The number of halogens is 1. The summed E-state index contributed by atoms with van der Waals surface area (Å²) in [5.41, 5.74) is 0. The number of hydrogen-bond acceptors (Lipinski definition) is 4. The Balaban J connectivity index is 2.02. The van der Waals surface area contributed by atoms with E-state index in [9.17, 15) is 8.42 Å². The van der Waals surface area contributed by atoms with E-state index in [1.807, 2.05) is 0 Å². The van der Waals surface area contributed by atoms with Gasteiger partial charge in [0.2, 0.25) is 10.0 Å². The van der Waals surface area contributed by atoms with Gasteiger partial charge in [0.1, 0.15) is 0 Å². The van der Waals surface area contributed by atoms with Crippen LogP contribution in [0.3, 0.4) is 0 Å². The van der Waals surface area contributed by atoms with Gasteiger partial charge in [-0.3, -0.25) is 4.90 Å². The molecule has 2 rings (SSSR count). The summed E-state index contributed by atoms with van der Waals surface area (Å²) in [6.07, 6.45) is 0.476. The molecule has 0 bridgehead atoms. The minimum Gasteiger partial charge on any atom is -0.300 e. The molecule has 1 aromatic rings. The third-order valence-electron chi connectivity index (χ3n) is 3.32. The van der Waals surface area contributed by atoms with Crippen molar-refractivity contribution in [1.82, 2.24) is 9.21 Å². The Bertz CT molecular complexity index is 587. The second-order valence-electron chi connectivity index (χ2n) is 4.61. The van der Waals surface area contributed by atoms with Crippen molar-refractivity contribution in [2.75, 3.05) is 32.7 Å². The van der Waals surface area contributed by atoms with E-state index in [4.69, 9.17) is 16.9 Å². The van der Waals surface area contributed by atoms with E-state index in [1.165, 1.54) is 16.4 Å². The van der Waals surface area contributed by atoms with Gasteiger partial charge < -0.3 is 0 Å². The Hall–Kier alpha value is -1.13. The molecule has 0 spiro atoms. The largest absolute Gasteiger partial charge is 0.300 e. The van der Waals surface area contributed by atoms with Crippen molar-refractivity contribution in [3.63, 3.8) is 0 Å². The number of rotatable bonds is 4. The fourth-order valence-electron chi connectivity index (χ4n) is 2.16. The molecular formula is C13H16ClN3O2S. The van der Waals surface area contributed by atoms with Gasteiger partial charge >= 0.3 is 0 Å². The van der Waals surface area contributed by atoms with Crippen LogP contribution in [0.5, 0.6) is 0 Å². The highest BCUT2D eigenvalue weighted by molar-refractivity contribution is 7.89. The summed E-state index contributed by atoms with van der Waals surface area (Å²) in [5.74, 6) is 0. The fourth-order valence-corrected chi connectivity index (χ4v) is 3.71. The predicted octanol–water partition coefficient (Wildman–Crippen LogP) is 1.56. The lowest BCUT2D eigenvalue weighted by Gasteiger charge is -2.33. The summed E-state index contributed by atoms with van der Waals surface area (Å²) >= 11 is 5.77. The molecule has 0 amide bonds. The van der Waals surface area contributed by atoms with Crippen LogP contribution in [0.4, 0.5) is 0 Å². The predicted molar refractivity (Wildman–Crippen MR) is 76.9 cm³/mol. The zero-order valence-corrected chi connectivity index (χ0v) is 12.6. The number of hydrogen-bond donors (Lipinski definition) is 0. The highest BCUT2D eigenvalue weighted by Crippen LogP contribution is 2.19. The van der Waals surface area contributed by atoms with Gasteiger partial charge in [0.05, 0.1) is 11.0 Å². The smallest absolute Gasteiger partial charge is 0.243 e. The molecule has 0 aliphatic carbocycles. The Morgan fingerprint density at radius 3 is 2.30 bits per heavy atom. The third-order valence-corrected chi connectivity index (χ3v) is 5.49. The first-order chi connectivity index (χ1) is 9.54. The van der Waals surface area contributed by atoms with Crippen LogP contribution in [0, 0.1) is 11.3 Å². The van der Waals surface area contributed by atoms with Gasteiger partial charge in [-0.25, -0.2) is 8.42 Å². The van der Waals surface area contributed by atoms with E-state index < -0.39 is 10.0 Å². The number of nitriles is 1. The fraction of sp³-hybridized carbons (Fsp3) is 0.462. The molecule has 5 nitrogen and oxygen atoms in total. The molecule has 0 saturated carbocycles. The van der Waals surface area contributed by atoms with Crippen molar-refractivity contribution in [3.05, 3.63) is 29.3 Å². The van der Waals surface area contributed by atoms with E-state index in [-0.39, 0.29) is 4.90 Å². The zero-order chi connectivity index (χ0) is 14.6. The lowest BCUT2D eigenvalue weighted by atomic mass is 10.3. The van der Waals surface area contributed by atoms with Crippen LogP contribution in [0.1, 0.15) is 6.42 Å². The summed E-state index contributed by atoms with van der Waals surface area (Å²) in [6, 6.07) is 8.32. The molecule has 0 N–H and O–H groups in total. The Kier molecular flexibility index (Phi) is 5.00. The molecule has 0 aromatic heterocycles. The highest BCUT2D eigenvalue weighted by atomic mass is 35.5. The van der Waals surface area contributed by atoms with E-state index in [1.54, 1.807) is 12.1 Å². The SMILES string of the molecule is N#CCCN1CCN(S(=O)(=O)c2ccc(Cl)cc2)CC1. The second-order valence-corrected chi connectivity index (χ2v) is 6.98. The molecule has 1 aliphatic rings. The van der Waals surface area contributed by atoms with Crippen molar-refractivity contribution < 1.29 is 8.42 Å². The van der Waals surface area contributed by atoms with Crippen LogP contribution in [0.15, 0.2) is 29.2 Å². The molecule has 0 unspecified atom stereocenters. The van der Waals surface area contributed by atoms with Crippen LogP contribution in [0.25, 0.3) is 0 Å². The maximum Gasteiger partial charge on any atom is 0.243 e. The highest BCUT2D eigenvalue weighted by Gasteiger charge is 2.28. The van der Waals surface area contributed by atoms with E-state index in [0.29, 0.717) is 44.2 Å². The van der Waals surface area contributed by atoms with E-state index >= 15 is 0 Å². The van der Waals surface area contributed by atoms with E-state index in [2.05, 4.69) is 11.0 Å². The molecular weight excluding hydrogens is 298 g/mol. The molecule has 108 valence electrons. The quantitative estimate of drug-likeness (QED) is 0.846. The van der Waals surface area contributed by atoms with Crippen LogP contribution in [0.2, 0.25) is 5.02 Å². The van der Waals surface area contributed by atoms with Crippen molar-refractivity contribution >= 4 is 21.6 Å². The summed E-state index contributed by atoms with van der Waals surface area (Å²) < 4.78 is 26.3. The number of benzene rings is 1. The minimum absolute atomic E-state index is 0.271. The third kappa shape index (κ3) is 3.49. The molecule has 7 heteroatoms. The lowest BCUT2D eigenvalue weighted by molar-refractivity contribution is 0.191. The van der Waals surface area contributed by atoms with Gasteiger partial charge in [0.25, 0.3) is 0 Å². The van der Waals surface area contributed by atoms with Crippen molar-refractivity contribution in [3.8, 4) is 6.07 Å². The van der Waals surface area contributed by atoms with Crippen LogP contribution < -0.4 is 0 Å². The van der Waals surface area contributed by atoms with Crippen molar-refractivity contribution in [2.24, 2.45) is 0 Å².